The highest BCUT2D eigenvalue weighted by atomic mass is 35.5. The molecule has 21 heavy (non-hydrogen) atoms. The third-order valence-electron chi connectivity index (χ3n) is 3.06. The van der Waals surface area contributed by atoms with Gasteiger partial charge in [-0.15, -0.1) is 0 Å². The number of hydrogen-bond acceptors (Lipinski definition) is 3. The maximum Gasteiger partial charge on any atom is 0.300 e. The maximum atomic E-state index is 12.2. The summed E-state index contributed by atoms with van der Waals surface area (Å²) in [4.78, 5) is 22.6. The minimum atomic E-state index is -0.648. The number of hydrogen-bond donors (Lipinski definition) is 1. The summed E-state index contributed by atoms with van der Waals surface area (Å²) in [5.41, 5.74) is 0.489. The van der Waals surface area contributed by atoms with Gasteiger partial charge in [0.25, 0.3) is 5.91 Å². The molecule has 0 aliphatic rings. The third kappa shape index (κ3) is 3.38. The van der Waals surface area contributed by atoms with Crippen LogP contribution < -0.4 is 5.32 Å². The molecular weight excluding hydrogens is 292 g/mol. The van der Waals surface area contributed by atoms with E-state index in [1.165, 1.54) is 18.2 Å². The van der Waals surface area contributed by atoms with Crippen molar-refractivity contribution in [2.45, 2.75) is 13.0 Å². The Hall–Kier alpha value is -2.40. The Labute approximate surface area is 126 Å². The molecule has 2 rings (SSSR count). The Morgan fingerprint density at radius 1 is 1.19 bits per heavy atom. The van der Waals surface area contributed by atoms with E-state index < -0.39 is 10.8 Å². The number of rotatable bonds is 4. The zero-order valence-corrected chi connectivity index (χ0v) is 12.0. The van der Waals surface area contributed by atoms with Crippen LogP contribution >= 0.6 is 11.6 Å². The van der Waals surface area contributed by atoms with Crippen molar-refractivity contribution in [3.63, 3.8) is 0 Å². The van der Waals surface area contributed by atoms with Crippen LogP contribution in [0.15, 0.2) is 48.5 Å². The summed E-state index contributed by atoms with van der Waals surface area (Å²) < 4.78 is 0. The Morgan fingerprint density at radius 3 is 2.48 bits per heavy atom. The first-order chi connectivity index (χ1) is 10.0. The molecule has 0 bridgehead atoms. The second-order valence-corrected chi connectivity index (χ2v) is 4.91. The van der Waals surface area contributed by atoms with Crippen LogP contribution in [-0.2, 0) is 0 Å². The summed E-state index contributed by atoms with van der Waals surface area (Å²) in [6.07, 6.45) is 0. The van der Waals surface area contributed by atoms with Crippen LogP contribution in [0.2, 0.25) is 5.02 Å². The summed E-state index contributed by atoms with van der Waals surface area (Å²) in [6, 6.07) is 13.4. The van der Waals surface area contributed by atoms with E-state index in [-0.39, 0.29) is 22.3 Å². The van der Waals surface area contributed by atoms with Crippen molar-refractivity contribution in [3.8, 4) is 0 Å². The van der Waals surface area contributed by atoms with Gasteiger partial charge in [-0.1, -0.05) is 48.0 Å². The predicted molar refractivity (Wildman–Crippen MR) is 80.4 cm³/mol. The molecule has 0 fully saturated rings. The fourth-order valence-corrected chi connectivity index (χ4v) is 2.23. The number of nitro groups is 1. The Kier molecular flexibility index (Phi) is 4.55. The fraction of sp³-hybridized carbons (Fsp3) is 0.133. The standard InChI is InChI=1S/C15H13ClN2O3/c1-10(11-6-3-2-4-7-11)17-15(19)12-8-5-9-13(16)14(12)18(20)21/h2-10H,1H3,(H,17,19). The number of benzene rings is 2. The smallest absolute Gasteiger partial charge is 0.300 e. The van der Waals surface area contributed by atoms with Crippen molar-refractivity contribution in [3.05, 3.63) is 74.8 Å². The van der Waals surface area contributed by atoms with Gasteiger partial charge in [-0.25, -0.2) is 0 Å². The zero-order valence-electron chi connectivity index (χ0n) is 11.2. The topological polar surface area (TPSA) is 72.2 Å². The fourth-order valence-electron chi connectivity index (χ4n) is 1.98. The first-order valence-electron chi connectivity index (χ1n) is 6.29. The van der Waals surface area contributed by atoms with E-state index in [4.69, 9.17) is 11.6 Å². The van der Waals surface area contributed by atoms with Gasteiger partial charge in [0.05, 0.1) is 11.0 Å². The van der Waals surface area contributed by atoms with Crippen molar-refractivity contribution in [2.75, 3.05) is 0 Å². The summed E-state index contributed by atoms with van der Waals surface area (Å²) in [7, 11) is 0. The van der Waals surface area contributed by atoms with E-state index in [9.17, 15) is 14.9 Å². The number of nitro benzene ring substituents is 1. The molecule has 1 N–H and O–H groups in total. The maximum absolute atomic E-state index is 12.2. The molecule has 2 aromatic carbocycles. The van der Waals surface area contributed by atoms with Gasteiger partial charge in [-0.05, 0) is 24.6 Å². The molecule has 0 saturated carbocycles. The number of nitrogens with one attached hydrogen (secondary N) is 1. The van der Waals surface area contributed by atoms with E-state index in [0.29, 0.717) is 0 Å². The highest BCUT2D eigenvalue weighted by Crippen LogP contribution is 2.28. The average Bonchev–Trinajstić information content (AvgIpc) is 2.47. The molecule has 0 heterocycles. The molecule has 0 radical (unpaired) electrons. The molecule has 0 spiro atoms. The van der Waals surface area contributed by atoms with Crippen molar-refractivity contribution in [1.29, 1.82) is 0 Å². The van der Waals surface area contributed by atoms with Gasteiger partial charge in [0.1, 0.15) is 10.6 Å². The SMILES string of the molecule is CC(NC(=O)c1cccc(Cl)c1[N+](=O)[O-])c1ccccc1. The molecule has 0 aromatic heterocycles. The lowest BCUT2D eigenvalue weighted by atomic mass is 10.1. The minimum absolute atomic E-state index is 0.0460. The largest absolute Gasteiger partial charge is 0.345 e. The summed E-state index contributed by atoms with van der Waals surface area (Å²) in [6.45, 7) is 1.81. The van der Waals surface area contributed by atoms with Crippen LogP contribution in [0, 0.1) is 10.1 Å². The Morgan fingerprint density at radius 2 is 1.86 bits per heavy atom. The number of nitrogens with zero attached hydrogens (tertiary/aromatic N) is 1. The van der Waals surface area contributed by atoms with E-state index in [1.807, 2.05) is 37.3 Å². The Bertz CT molecular complexity index is 674. The van der Waals surface area contributed by atoms with Gasteiger partial charge in [-0.2, -0.15) is 0 Å². The van der Waals surface area contributed by atoms with Crippen molar-refractivity contribution in [2.24, 2.45) is 0 Å². The molecule has 6 heteroatoms. The monoisotopic (exact) mass is 304 g/mol. The van der Waals surface area contributed by atoms with Gasteiger partial charge >= 0.3 is 5.69 Å². The lowest BCUT2D eigenvalue weighted by Crippen LogP contribution is -2.27. The van der Waals surface area contributed by atoms with E-state index >= 15 is 0 Å². The average molecular weight is 305 g/mol. The van der Waals surface area contributed by atoms with Crippen LogP contribution in [0.5, 0.6) is 0 Å². The first-order valence-corrected chi connectivity index (χ1v) is 6.67. The van der Waals surface area contributed by atoms with Gasteiger partial charge in [0.2, 0.25) is 0 Å². The van der Waals surface area contributed by atoms with E-state index in [2.05, 4.69) is 5.32 Å². The molecule has 0 aliphatic heterocycles. The molecule has 0 saturated heterocycles. The quantitative estimate of drug-likeness (QED) is 0.691. The van der Waals surface area contributed by atoms with Crippen LogP contribution in [-0.4, -0.2) is 10.8 Å². The second kappa shape index (κ2) is 6.37. The number of para-hydroxylation sites is 1. The normalized spacial score (nSPS) is 11.7. The molecule has 5 nitrogen and oxygen atoms in total. The van der Waals surface area contributed by atoms with Crippen molar-refractivity contribution >= 4 is 23.2 Å². The highest BCUT2D eigenvalue weighted by Gasteiger charge is 2.24. The van der Waals surface area contributed by atoms with Gasteiger partial charge in [-0.3, -0.25) is 14.9 Å². The van der Waals surface area contributed by atoms with Gasteiger partial charge in [0.15, 0.2) is 0 Å². The lowest BCUT2D eigenvalue weighted by Gasteiger charge is -2.14. The lowest BCUT2D eigenvalue weighted by molar-refractivity contribution is -0.385. The predicted octanol–water partition coefficient (Wildman–Crippen LogP) is 3.74. The van der Waals surface area contributed by atoms with Crippen LogP contribution in [0.3, 0.4) is 0 Å². The van der Waals surface area contributed by atoms with E-state index in [1.54, 1.807) is 0 Å². The molecular formula is C15H13ClN2O3. The van der Waals surface area contributed by atoms with Crippen LogP contribution in [0.4, 0.5) is 5.69 Å². The molecule has 1 amide bonds. The van der Waals surface area contributed by atoms with Crippen molar-refractivity contribution < 1.29 is 9.72 Å². The summed E-state index contributed by atoms with van der Waals surface area (Å²) >= 11 is 5.80. The summed E-state index contributed by atoms with van der Waals surface area (Å²) in [5, 5.41) is 13.7. The van der Waals surface area contributed by atoms with Crippen LogP contribution in [0.1, 0.15) is 28.9 Å². The number of halogens is 1. The first kappa shape index (κ1) is 15.0. The van der Waals surface area contributed by atoms with Gasteiger partial charge < -0.3 is 5.32 Å². The highest BCUT2D eigenvalue weighted by molar-refractivity contribution is 6.33. The Balaban J connectivity index is 2.26. The number of carbonyl (C=O) groups excluding carboxylic acids is 1. The molecule has 108 valence electrons. The molecule has 2 aromatic rings. The minimum Gasteiger partial charge on any atom is -0.345 e. The van der Waals surface area contributed by atoms with E-state index in [0.717, 1.165) is 5.56 Å². The molecule has 1 atom stereocenters. The van der Waals surface area contributed by atoms with Crippen LogP contribution in [0.25, 0.3) is 0 Å². The second-order valence-electron chi connectivity index (χ2n) is 4.50. The number of amides is 1. The third-order valence-corrected chi connectivity index (χ3v) is 3.37. The summed E-state index contributed by atoms with van der Waals surface area (Å²) in [5.74, 6) is -0.527. The number of carbonyl (C=O) groups is 1. The van der Waals surface area contributed by atoms with Gasteiger partial charge in [0, 0.05) is 0 Å². The van der Waals surface area contributed by atoms with Crippen molar-refractivity contribution in [1.82, 2.24) is 5.32 Å². The molecule has 1 unspecified atom stereocenters. The zero-order chi connectivity index (χ0) is 15.4. The molecule has 0 aliphatic carbocycles.